The minimum atomic E-state index is -0.969. The molecule has 188 valence electrons. The highest BCUT2D eigenvalue weighted by molar-refractivity contribution is 6.25. The van der Waals surface area contributed by atoms with Crippen LogP contribution in [0.3, 0.4) is 0 Å². The number of Topliss-reactive ketones (excluding diaryl/α,β-unsaturated/α-hetero) is 2. The summed E-state index contributed by atoms with van der Waals surface area (Å²) in [4.78, 5) is 40.3. The second kappa shape index (κ2) is 10.1. The molecular weight excluding hydrogens is 438 g/mol. The summed E-state index contributed by atoms with van der Waals surface area (Å²) in [5.74, 6) is -1.10. The fourth-order valence-electron chi connectivity index (χ4n) is 5.85. The van der Waals surface area contributed by atoms with Gasteiger partial charge in [-0.15, -0.1) is 0 Å². The van der Waals surface area contributed by atoms with E-state index in [9.17, 15) is 14.4 Å². The molecule has 4 aliphatic rings. The van der Waals surface area contributed by atoms with E-state index in [1.807, 2.05) is 4.90 Å². The van der Waals surface area contributed by atoms with E-state index in [0.717, 1.165) is 19.3 Å². The number of unbranched alkanes of at least 4 members (excludes halogenated alkanes) is 7. The number of piperazine rings is 1. The van der Waals surface area contributed by atoms with E-state index < -0.39 is 17.7 Å². The van der Waals surface area contributed by atoms with Gasteiger partial charge in [0.2, 0.25) is 11.6 Å². The van der Waals surface area contributed by atoms with Gasteiger partial charge < -0.3 is 30.2 Å². The van der Waals surface area contributed by atoms with Crippen LogP contribution >= 0.6 is 0 Å². The number of hydrogen-bond acceptors (Lipinski definition) is 8. The number of methoxy groups -OCH3 is 1. The zero-order valence-corrected chi connectivity index (χ0v) is 20.5. The van der Waals surface area contributed by atoms with Crippen LogP contribution in [0.4, 0.5) is 4.79 Å². The maximum atomic E-state index is 13.6. The molecular formula is C25H37N3O6. The van der Waals surface area contributed by atoms with Crippen molar-refractivity contribution in [2.24, 2.45) is 11.7 Å². The Balaban J connectivity index is 1.44. The van der Waals surface area contributed by atoms with E-state index in [2.05, 4.69) is 12.2 Å². The first-order valence-electron chi connectivity index (χ1n) is 12.6. The third-order valence-corrected chi connectivity index (χ3v) is 7.62. The molecule has 3 aliphatic heterocycles. The van der Waals surface area contributed by atoms with Crippen molar-refractivity contribution >= 4 is 17.7 Å². The Hall–Kier alpha value is -2.39. The zero-order valence-electron chi connectivity index (χ0n) is 20.5. The second-order valence-corrected chi connectivity index (χ2v) is 9.70. The fourth-order valence-corrected chi connectivity index (χ4v) is 5.85. The molecule has 0 aromatic carbocycles. The number of hydrogen-bond donors (Lipinski definition) is 2. The van der Waals surface area contributed by atoms with Crippen molar-refractivity contribution in [3.05, 3.63) is 22.6 Å². The Morgan fingerprint density at radius 2 is 1.79 bits per heavy atom. The average molecular weight is 476 g/mol. The van der Waals surface area contributed by atoms with Crippen molar-refractivity contribution in [3.63, 3.8) is 0 Å². The standard InChI is InChI=1S/C25H37N3O6/c1-4-5-6-7-8-9-10-11-12-33-22-15(2)20(29)19-18(21(22)30)16(14-34-24(26)31)25(32-3)23-17(27-23)13-28(19)25/h16-17,23,27H,4-14H2,1-3H3,(H2,26,31). The maximum Gasteiger partial charge on any atom is 0.404 e. The molecule has 4 rings (SSSR count). The van der Waals surface area contributed by atoms with Gasteiger partial charge in [0.05, 0.1) is 24.3 Å². The monoisotopic (exact) mass is 475 g/mol. The fraction of sp³-hybridized carbons (Fsp3) is 0.720. The van der Waals surface area contributed by atoms with Gasteiger partial charge >= 0.3 is 6.09 Å². The summed E-state index contributed by atoms with van der Waals surface area (Å²) >= 11 is 0. The number of fused-ring (bicyclic) bond motifs is 4. The predicted octanol–water partition coefficient (Wildman–Crippen LogP) is 2.55. The molecule has 9 heteroatoms. The summed E-state index contributed by atoms with van der Waals surface area (Å²) in [6.07, 6.45) is 8.34. The van der Waals surface area contributed by atoms with Gasteiger partial charge in [-0.3, -0.25) is 9.59 Å². The number of ether oxygens (including phenoxy) is 3. The first-order chi connectivity index (χ1) is 16.4. The van der Waals surface area contributed by atoms with Crippen LogP contribution in [0.5, 0.6) is 0 Å². The van der Waals surface area contributed by atoms with Gasteiger partial charge in [-0.05, 0) is 13.3 Å². The Bertz CT molecular complexity index is 912. The lowest BCUT2D eigenvalue weighted by molar-refractivity contribution is -0.137. The Morgan fingerprint density at radius 3 is 2.44 bits per heavy atom. The number of carbonyl (C=O) groups excluding carboxylic acids is 3. The lowest BCUT2D eigenvalue weighted by Crippen LogP contribution is -2.55. The third kappa shape index (κ3) is 4.13. The second-order valence-electron chi connectivity index (χ2n) is 9.70. The van der Waals surface area contributed by atoms with Gasteiger partial charge in [-0.2, -0.15) is 0 Å². The Labute approximate surface area is 201 Å². The minimum absolute atomic E-state index is 0.0628. The quantitative estimate of drug-likeness (QED) is 0.236. The number of carbonyl (C=O) groups is 3. The van der Waals surface area contributed by atoms with E-state index >= 15 is 0 Å². The summed E-state index contributed by atoms with van der Waals surface area (Å²) in [5, 5.41) is 3.35. The third-order valence-electron chi connectivity index (χ3n) is 7.62. The van der Waals surface area contributed by atoms with Gasteiger partial charge in [-0.25, -0.2) is 4.79 Å². The van der Waals surface area contributed by atoms with Crippen molar-refractivity contribution in [2.45, 2.75) is 83.0 Å². The molecule has 1 amide bonds. The highest BCUT2D eigenvalue weighted by Gasteiger charge is 2.72. The normalized spacial score (nSPS) is 29.4. The van der Waals surface area contributed by atoms with Crippen molar-refractivity contribution in [1.82, 2.24) is 10.2 Å². The van der Waals surface area contributed by atoms with Gasteiger partial charge in [0, 0.05) is 30.8 Å². The maximum absolute atomic E-state index is 13.6. The van der Waals surface area contributed by atoms with Crippen LogP contribution in [0.25, 0.3) is 0 Å². The molecule has 4 atom stereocenters. The number of allylic oxidation sites excluding steroid dienone is 2. The van der Waals surface area contributed by atoms with Crippen LogP contribution in [0.2, 0.25) is 0 Å². The molecule has 4 unspecified atom stereocenters. The molecule has 0 bridgehead atoms. The Kier molecular flexibility index (Phi) is 7.33. The van der Waals surface area contributed by atoms with Crippen molar-refractivity contribution in [2.75, 3.05) is 26.9 Å². The molecule has 1 aliphatic carbocycles. The van der Waals surface area contributed by atoms with Gasteiger partial charge in [0.25, 0.3) is 0 Å². The molecule has 0 spiro atoms. The smallest absolute Gasteiger partial charge is 0.404 e. The van der Waals surface area contributed by atoms with E-state index in [1.165, 1.54) is 32.1 Å². The number of rotatable bonds is 13. The largest absolute Gasteiger partial charge is 0.489 e. The lowest BCUT2D eigenvalue weighted by atomic mass is 9.83. The molecule has 0 radical (unpaired) electrons. The number of primary amides is 1. The lowest BCUT2D eigenvalue weighted by Gasteiger charge is -2.39. The van der Waals surface area contributed by atoms with Gasteiger partial charge in [0.15, 0.2) is 11.5 Å². The topological polar surface area (TPSA) is 130 Å². The number of nitrogens with two attached hydrogens (primary N) is 1. The van der Waals surface area contributed by atoms with Crippen molar-refractivity contribution in [3.8, 4) is 0 Å². The molecule has 2 fully saturated rings. The van der Waals surface area contributed by atoms with Gasteiger partial charge in [-0.1, -0.05) is 51.9 Å². The minimum Gasteiger partial charge on any atom is -0.489 e. The number of ketones is 2. The predicted molar refractivity (Wildman–Crippen MR) is 124 cm³/mol. The Morgan fingerprint density at radius 1 is 1.12 bits per heavy atom. The highest BCUT2D eigenvalue weighted by atomic mass is 16.6. The average Bonchev–Trinajstić information content (AvgIpc) is 3.42. The first kappa shape index (κ1) is 24.7. The summed E-state index contributed by atoms with van der Waals surface area (Å²) in [6.45, 7) is 4.64. The van der Waals surface area contributed by atoms with Crippen LogP contribution in [0, 0.1) is 5.92 Å². The molecule has 0 saturated carbocycles. The van der Waals surface area contributed by atoms with Crippen molar-refractivity contribution < 1.29 is 28.6 Å². The van der Waals surface area contributed by atoms with E-state index in [0.29, 0.717) is 30.0 Å². The molecule has 34 heavy (non-hydrogen) atoms. The summed E-state index contributed by atoms with van der Waals surface area (Å²) in [7, 11) is 1.56. The van der Waals surface area contributed by atoms with E-state index in [-0.39, 0.29) is 36.0 Å². The van der Waals surface area contributed by atoms with E-state index in [1.54, 1.807) is 14.0 Å². The summed E-state index contributed by atoms with van der Waals surface area (Å²) in [6, 6.07) is 0.101. The van der Waals surface area contributed by atoms with Crippen LogP contribution in [-0.4, -0.2) is 67.2 Å². The number of nitrogens with one attached hydrogen (secondary N) is 1. The molecule has 9 nitrogen and oxygen atoms in total. The van der Waals surface area contributed by atoms with E-state index in [4.69, 9.17) is 19.9 Å². The first-order valence-corrected chi connectivity index (χ1v) is 12.6. The molecule has 0 aromatic rings. The molecule has 3 heterocycles. The van der Waals surface area contributed by atoms with Crippen LogP contribution < -0.4 is 11.1 Å². The molecule has 0 aromatic heterocycles. The van der Waals surface area contributed by atoms with Gasteiger partial charge in [0.1, 0.15) is 6.61 Å². The van der Waals surface area contributed by atoms with Crippen LogP contribution in [-0.2, 0) is 23.8 Å². The number of nitrogens with zero attached hydrogens (tertiary/aromatic N) is 1. The van der Waals surface area contributed by atoms with Crippen LogP contribution in [0.1, 0.15) is 65.2 Å². The SMILES string of the molecule is CCCCCCCCCCOC1=C(C)C(=O)C2=C(C1=O)C(COC(N)=O)C1(OC)C3NC3CN21. The zero-order chi connectivity index (χ0) is 24.5. The molecule has 3 N–H and O–H groups in total. The van der Waals surface area contributed by atoms with Crippen LogP contribution in [0.15, 0.2) is 22.6 Å². The van der Waals surface area contributed by atoms with Crippen molar-refractivity contribution in [1.29, 1.82) is 0 Å². The molecule has 2 saturated heterocycles. The summed E-state index contributed by atoms with van der Waals surface area (Å²) < 4.78 is 17.0. The number of amides is 1. The summed E-state index contributed by atoms with van der Waals surface area (Å²) in [5.41, 5.74) is 5.22. The highest BCUT2D eigenvalue weighted by Crippen LogP contribution is 2.55.